The molecule has 1 saturated heterocycles. The monoisotopic (exact) mass is 166 g/mol. The van der Waals surface area contributed by atoms with Crippen LogP contribution in [0, 0.1) is 11.8 Å². The lowest BCUT2D eigenvalue weighted by molar-refractivity contribution is -0.139. The fraction of sp³-hybridized carbons (Fsp3) is 0.500. The molecule has 0 bridgehead atoms. The molecule has 0 aromatic carbocycles. The molecule has 4 nitrogen and oxygen atoms in total. The van der Waals surface area contributed by atoms with E-state index < -0.39 is 0 Å². The predicted molar refractivity (Wildman–Crippen MR) is 43.0 cm³/mol. The van der Waals surface area contributed by atoms with Gasteiger partial charge in [-0.3, -0.25) is 9.59 Å². The zero-order valence-corrected chi connectivity index (χ0v) is 6.89. The van der Waals surface area contributed by atoms with Gasteiger partial charge in [0.15, 0.2) is 0 Å². The summed E-state index contributed by atoms with van der Waals surface area (Å²) >= 11 is 0. The zero-order valence-electron chi connectivity index (χ0n) is 6.89. The van der Waals surface area contributed by atoms with Crippen LogP contribution in [0.25, 0.3) is 0 Å². The first-order chi connectivity index (χ1) is 5.74. The molecule has 64 valence electrons. The number of carbonyl (C=O) groups is 2. The third kappa shape index (κ3) is 1.99. The van der Waals surface area contributed by atoms with Crippen molar-refractivity contribution >= 4 is 11.8 Å². The van der Waals surface area contributed by atoms with E-state index in [4.69, 9.17) is 0 Å². The van der Waals surface area contributed by atoms with Gasteiger partial charge >= 0.3 is 0 Å². The van der Waals surface area contributed by atoms with Crippen molar-refractivity contribution in [2.45, 2.75) is 6.92 Å². The van der Waals surface area contributed by atoms with Gasteiger partial charge in [-0.15, -0.1) is 5.92 Å². The highest BCUT2D eigenvalue weighted by Crippen LogP contribution is 1.93. The first kappa shape index (κ1) is 8.60. The van der Waals surface area contributed by atoms with Gasteiger partial charge in [-0.25, -0.2) is 0 Å². The van der Waals surface area contributed by atoms with Gasteiger partial charge < -0.3 is 10.2 Å². The molecule has 0 spiro atoms. The molecule has 0 unspecified atom stereocenters. The Morgan fingerprint density at radius 2 is 2.33 bits per heavy atom. The summed E-state index contributed by atoms with van der Waals surface area (Å²) in [4.78, 5) is 23.4. The second-order valence-corrected chi connectivity index (χ2v) is 2.45. The fourth-order valence-corrected chi connectivity index (χ4v) is 0.922. The molecule has 0 atom stereocenters. The van der Waals surface area contributed by atoms with Crippen LogP contribution in [0.4, 0.5) is 0 Å². The van der Waals surface area contributed by atoms with E-state index in [9.17, 15) is 9.59 Å². The molecule has 12 heavy (non-hydrogen) atoms. The maximum atomic E-state index is 11.1. The van der Waals surface area contributed by atoms with Gasteiger partial charge in [0.05, 0.1) is 13.1 Å². The Morgan fingerprint density at radius 1 is 1.58 bits per heavy atom. The lowest BCUT2D eigenvalue weighted by atomic mass is 10.3. The number of piperazine rings is 1. The molecule has 1 heterocycles. The second kappa shape index (κ2) is 3.77. The summed E-state index contributed by atoms with van der Waals surface area (Å²) in [6, 6.07) is 0. The van der Waals surface area contributed by atoms with Gasteiger partial charge in [-0.1, -0.05) is 5.92 Å². The third-order valence-corrected chi connectivity index (χ3v) is 1.57. The molecule has 1 aliphatic rings. The molecule has 1 fully saturated rings. The number of hydrogen-bond acceptors (Lipinski definition) is 2. The second-order valence-electron chi connectivity index (χ2n) is 2.45. The maximum absolute atomic E-state index is 11.1. The molecular weight excluding hydrogens is 156 g/mol. The largest absolute Gasteiger partial charge is 0.345 e. The van der Waals surface area contributed by atoms with Crippen molar-refractivity contribution in [1.82, 2.24) is 10.2 Å². The van der Waals surface area contributed by atoms with Crippen molar-refractivity contribution in [3.05, 3.63) is 0 Å². The number of hydrogen-bond donors (Lipinski definition) is 1. The zero-order chi connectivity index (χ0) is 8.97. The van der Waals surface area contributed by atoms with Crippen LogP contribution in [-0.4, -0.2) is 36.3 Å². The quantitative estimate of drug-likeness (QED) is 0.506. The fourth-order valence-electron chi connectivity index (χ4n) is 0.922. The molecule has 0 aromatic heterocycles. The number of rotatable bonds is 1. The van der Waals surface area contributed by atoms with Crippen molar-refractivity contribution in [3.63, 3.8) is 0 Å². The third-order valence-electron chi connectivity index (χ3n) is 1.57. The van der Waals surface area contributed by atoms with E-state index in [0.717, 1.165) is 0 Å². The predicted octanol–water partition coefficient (Wildman–Crippen LogP) is -1.03. The first-order valence-corrected chi connectivity index (χ1v) is 3.68. The smallest absolute Gasteiger partial charge is 0.243 e. The Bertz CT molecular complexity index is 262. The lowest BCUT2D eigenvalue weighted by Gasteiger charge is -2.24. The standard InChI is InChI=1S/C8H10N2O2/c1-2-3-4-10-6-7(11)9-5-8(10)12/h4-6H2,1H3,(H,9,11). The van der Waals surface area contributed by atoms with E-state index in [1.807, 2.05) is 0 Å². The van der Waals surface area contributed by atoms with Gasteiger partial charge in [0, 0.05) is 0 Å². The average Bonchev–Trinajstić information content (AvgIpc) is 2.07. The van der Waals surface area contributed by atoms with Crippen molar-refractivity contribution < 1.29 is 9.59 Å². The van der Waals surface area contributed by atoms with Crippen molar-refractivity contribution in [2.75, 3.05) is 19.6 Å². The van der Waals surface area contributed by atoms with Crippen LogP contribution in [0.15, 0.2) is 0 Å². The summed E-state index contributed by atoms with van der Waals surface area (Å²) in [5, 5.41) is 2.46. The number of nitrogens with one attached hydrogen (secondary N) is 1. The SMILES string of the molecule is CC#CCN1CC(=O)NCC1=O. The number of carbonyl (C=O) groups excluding carboxylic acids is 2. The summed E-state index contributed by atoms with van der Waals surface area (Å²) in [5.41, 5.74) is 0. The Kier molecular flexibility index (Phi) is 2.70. The number of nitrogens with zero attached hydrogens (tertiary/aromatic N) is 1. The van der Waals surface area contributed by atoms with E-state index in [1.54, 1.807) is 6.92 Å². The summed E-state index contributed by atoms with van der Waals surface area (Å²) in [6.07, 6.45) is 0. The van der Waals surface area contributed by atoms with Crippen molar-refractivity contribution in [1.29, 1.82) is 0 Å². The molecule has 0 aromatic rings. The van der Waals surface area contributed by atoms with Crippen LogP contribution in [-0.2, 0) is 9.59 Å². The summed E-state index contributed by atoms with van der Waals surface area (Å²) < 4.78 is 0. The Balaban J connectivity index is 2.53. The summed E-state index contributed by atoms with van der Waals surface area (Å²) in [5.74, 6) is 5.23. The summed E-state index contributed by atoms with van der Waals surface area (Å²) in [7, 11) is 0. The van der Waals surface area contributed by atoms with E-state index >= 15 is 0 Å². The average molecular weight is 166 g/mol. The highest BCUT2D eigenvalue weighted by atomic mass is 16.2. The van der Waals surface area contributed by atoms with Crippen LogP contribution in [0.2, 0.25) is 0 Å². The van der Waals surface area contributed by atoms with Gasteiger partial charge in [-0.2, -0.15) is 0 Å². The van der Waals surface area contributed by atoms with Crippen LogP contribution >= 0.6 is 0 Å². The Morgan fingerprint density at radius 3 is 3.00 bits per heavy atom. The van der Waals surface area contributed by atoms with Crippen molar-refractivity contribution in [2.24, 2.45) is 0 Å². The van der Waals surface area contributed by atoms with Crippen LogP contribution in [0.1, 0.15) is 6.92 Å². The molecule has 1 aliphatic heterocycles. The normalized spacial score (nSPS) is 16.6. The first-order valence-electron chi connectivity index (χ1n) is 3.68. The van der Waals surface area contributed by atoms with Crippen LogP contribution in [0.5, 0.6) is 0 Å². The Hall–Kier alpha value is -1.50. The van der Waals surface area contributed by atoms with E-state index in [2.05, 4.69) is 17.2 Å². The lowest BCUT2D eigenvalue weighted by Crippen LogP contribution is -2.51. The van der Waals surface area contributed by atoms with E-state index in [1.165, 1.54) is 4.90 Å². The van der Waals surface area contributed by atoms with Crippen LogP contribution in [0.3, 0.4) is 0 Å². The van der Waals surface area contributed by atoms with Gasteiger partial charge in [-0.05, 0) is 6.92 Å². The molecule has 2 amide bonds. The van der Waals surface area contributed by atoms with E-state index in [0.29, 0.717) is 6.54 Å². The molecule has 4 heteroatoms. The van der Waals surface area contributed by atoms with Crippen LogP contribution < -0.4 is 5.32 Å². The van der Waals surface area contributed by atoms with Gasteiger partial charge in [0.2, 0.25) is 11.8 Å². The van der Waals surface area contributed by atoms with E-state index in [-0.39, 0.29) is 24.9 Å². The molecular formula is C8H10N2O2. The molecule has 1 N–H and O–H groups in total. The maximum Gasteiger partial charge on any atom is 0.243 e. The van der Waals surface area contributed by atoms with Crippen molar-refractivity contribution in [3.8, 4) is 11.8 Å². The Labute approximate surface area is 70.9 Å². The molecule has 0 saturated carbocycles. The van der Waals surface area contributed by atoms with Gasteiger partial charge in [0.25, 0.3) is 0 Å². The minimum atomic E-state index is -0.118. The minimum Gasteiger partial charge on any atom is -0.345 e. The topological polar surface area (TPSA) is 49.4 Å². The highest BCUT2D eigenvalue weighted by Gasteiger charge is 2.21. The number of amides is 2. The molecule has 0 aliphatic carbocycles. The molecule has 0 radical (unpaired) electrons. The minimum absolute atomic E-state index is 0.0719. The summed E-state index contributed by atoms with van der Waals surface area (Å²) in [6.45, 7) is 2.29. The highest BCUT2D eigenvalue weighted by molar-refractivity contribution is 5.92. The molecule has 1 rings (SSSR count). The van der Waals surface area contributed by atoms with Gasteiger partial charge in [0.1, 0.15) is 6.54 Å².